The summed E-state index contributed by atoms with van der Waals surface area (Å²) in [6, 6.07) is 5.28. The smallest absolute Gasteiger partial charge is 0.212 e. The van der Waals surface area contributed by atoms with Crippen LogP contribution >= 0.6 is 0 Å². The van der Waals surface area contributed by atoms with Crippen LogP contribution in [0.3, 0.4) is 0 Å². The highest BCUT2D eigenvalue weighted by Crippen LogP contribution is 2.26. The Kier molecular flexibility index (Phi) is 2.42. The van der Waals surface area contributed by atoms with E-state index in [0.717, 1.165) is 12.1 Å². The normalized spacial score (nSPS) is 26.0. The number of rotatable bonds is 1. The molecule has 2 rings (SSSR count). The van der Waals surface area contributed by atoms with Crippen molar-refractivity contribution in [2.45, 2.75) is 5.92 Å². The molecule has 2 atom stereocenters. The van der Waals surface area contributed by atoms with E-state index < -0.39 is 5.95 Å². The number of nitrogens with zero attached hydrogens (tertiary/aromatic N) is 2. The summed E-state index contributed by atoms with van der Waals surface area (Å²) in [5.74, 6) is -0.358. The van der Waals surface area contributed by atoms with Gasteiger partial charge in [0, 0.05) is 25.2 Å². The molecular weight excluding hydrogens is 181 g/mol. The maximum atomic E-state index is 12.6. The second kappa shape index (κ2) is 3.72. The minimum absolute atomic E-state index is 0.0257. The van der Waals surface area contributed by atoms with Crippen LogP contribution in [0, 0.1) is 23.2 Å². The van der Waals surface area contributed by atoms with Gasteiger partial charge in [-0.1, -0.05) is 6.07 Å². The van der Waals surface area contributed by atoms with Gasteiger partial charge in [0.25, 0.3) is 0 Å². The van der Waals surface area contributed by atoms with E-state index in [9.17, 15) is 4.39 Å². The molecule has 0 saturated carbocycles. The second-order valence-electron chi connectivity index (χ2n) is 3.41. The monoisotopic (exact) mass is 191 g/mol. The Morgan fingerprint density at radius 1 is 1.50 bits per heavy atom. The van der Waals surface area contributed by atoms with Crippen molar-refractivity contribution in [3.8, 4) is 6.07 Å². The minimum Gasteiger partial charge on any atom is -0.315 e. The maximum Gasteiger partial charge on any atom is 0.212 e. The Balaban J connectivity index is 2.23. The third kappa shape index (κ3) is 1.59. The number of hydrogen-bond donors (Lipinski definition) is 1. The van der Waals surface area contributed by atoms with Crippen molar-refractivity contribution >= 4 is 0 Å². The van der Waals surface area contributed by atoms with Crippen LogP contribution in [0.15, 0.2) is 18.3 Å². The van der Waals surface area contributed by atoms with Crippen molar-refractivity contribution in [1.29, 1.82) is 5.26 Å². The van der Waals surface area contributed by atoms with Gasteiger partial charge in [0.1, 0.15) is 0 Å². The van der Waals surface area contributed by atoms with Crippen LogP contribution in [0.25, 0.3) is 0 Å². The molecule has 14 heavy (non-hydrogen) atoms. The highest BCUT2D eigenvalue weighted by atomic mass is 19.1. The van der Waals surface area contributed by atoms with Crippen LogP contribution in [-0.2, 0) is 0 Å². The molecule has 0 radical (unpaired) electrons. The molecular formula is C10H10FN3. The van der Waals surface area contributed by atoms with E-state index >= 15 is 0 Å². The van der Waals surface area contributed by atoms with Crippen LogP contribution in [0.5, 0.6) is 0 Å². The average Bonchev–Trinajstić information content (AvgIpc) is 2.67. The van der Waals surface area contributed by atoms with Crippen molar-refractivity contribution in [1.82, 2.24) is 10.3 Å². The molecule has 0 aromatic carbocycles. The Labute approximate surface area is 81.6 Å². The fraction of sp³-hybridized carbons (Fsp3) is 0.400. The molecule has 0 bridgehead atoms. The number of pyridine rings is 1. The molecule has 0 aliphatic carbocycles. The van der Waals surface area contributed by atoms with Gasteiger partial charge in [0.15, 0.2) is 0 Å². The zero-order valence-corrected chi connectivity index (χ0v) is 7.57. The summed E-state index contributed by atoms with van der Waals surface area (Å²) >= 11 is 0. The Morgan fingerprint density at radius 2 is 2.36 bits per heavy atom. The van der Waals surface area contributed by atoms with Gasteiger partial charge in [-0.2, -0.15) is 9.65 Å². The molecule has 2 heterocycles. The lowest BCUT2D eigenvalue weighted by molar-refractivity contribution is 0.575. The standard InChI is InChI=1S/C10H10FN3/c11-10-2-1-7(5-14-10)9-6-13-4-8(9)3-12/h1-2,5,8-9,13H,4,6H2. The van der Waals surface area contributed by atoms with E-state index in [1.54, 1.807) is 6.07 Å². The average molecular weight is 191 g/mol. The molecule has 1 aliphatic rings. The van der Waals surface area contributed by atoms with Crippen LogP contribution in [0.4, 0.5) is 4.39 Å². The van der Waals surface area contributed by atoms with E-state index in [-0.39, 0.29) is 11.8 Å². The maximum absolute atomic E-state index is 12.6. The molecule has 0 spiro atoms. The van der Waals surface area contributed by atoms with Crippen LogP contribution < -0.4 is 5.32 Å². The Hall–Kier alpha value is -1.47. The van der Waals surface area contributed by atoms with Gasteiger partial charge >= 0.3 is 0 Å². The molecule has 3 nitrogen and oxygen atoms in total. The lowest BCUT2D eigenvalue weighted by Crippen LogP contribution is -2.08. The zero-order valence-electron chi connectivity index (χ0n) is 7.57. The zero-order chi connectivity index (χ0) is 9.97. The first-order valence-electron chi connectivity index (χ1n) is 4.53. The summed E-state index contributed by atoms with van der Waals surface area (Å²) in [4.78, 5) is 3.59. The number of nitriles is 1. The van der Waals surface area contributed by atoms with Gasteiger partial charge in [-0.05, 0) is 11.6 Å². The fourth-order valence-electron chi connectivity index (χ4n) is 1.77. The molecule has 1 saturated heterocycles. The van der Waals surface area contributed by atoms with Crippen LogP contribution in [0.2, 0.25) is 0 Å². The lowest BCUT2D eigenvalue weighted by Gasteiger charge is -2.11. The highest BCUT2D eigenvalue weighted by molar-refractivity contribution is 5.21. The minimum atomic E-state index is -0.479. The number of hydrogen-bond acceptors (Lipinski definition) is 3. The third-order valence-electron chi connectivity index (χ3n) is 2.56. The third-order valence-corrected chi connectivity index (χ3v) is 2.56. The highest BCUT2D eigenvalue weighted by Gasteiger charge is 2.28. The largest absolute Gasteiger partial charge is 0.315 e. The van der Waals surface area contributed by atoms with E-state index in [2.05, 4.69) is 16.4 Å². The van der Waals surface area contributed by atoms with Crippen molar-refractivity contribution in [2.75, 3.05) is 13.1 Å². The molecule has 1 fully saturated rings. The first-order chi connectivity index (χ1) is 6.81. The summed E-state index contributed by atoms with van der Waals surface area (Å²) in [6.45, 7) is 1.48. The molecule has 1 aliphatic heterocycles. The number of aromatic nitrogens is 1. The first-order valence-corrected chi connectivity index (χ1v) is 4.53. The molecule has 4 heteroatoms. The van der Waals surface area contributed by atoms with E-state index in [1.165, 1.54) is 12.3 Å². The van der Waals surface area contributed by atoms with Gasteiger partial charge < -0.3 is 5.32 Å². The molecule has 2 unspecified atom stereocenters. The van der Waals surface area contributed by atoms with Gasteiger partial charge in [-0.15, -0.1) is 0 Å². The molecule has 0 amide bonds. The van der Waals surface area contributed by atoms with Crippen molar-refractivity contribution in [2.24, 2.45) is 5.92 Å². The second-order valence-corrected chi connectivity index (χ2v) is 3.41. The fourth-order valence-corrected chi connectivity index (χ4v) is 1.77. The van der Waals surface area contributed by atoms with Gasteiger partial charge in [-0.25, -0.2) is 4.98 Å². The first kappa shape index (κ1) is 9.10. The van der Waals surface area contributed by atoms with E-state index in [0.29, 0.717) is 6.54 Å². The lowest BCUT2D eigenvalue weighted by atomic mass is 9.91. The summed E-state index contributed by atoms with van der Waals surface area (Å²) in [7, 11) is 0. The molecule has 1 aromatic rings. The van der Waals surface area contributed by atoms with E-state index in [1.807, 2.05) is 0 Å². The number of nitrogens with one attached hydrogen (secondary N) is 1. The van der Waals surface area contributed by atoms with Crippen LogP contribution in [-0.4, -0.2) is 18.1 Å². The predicted octanol–water partition coefficient (Wildman–Crippen LogP) is 1.05. The van der Waals surface area contributed by atoms with E-state index in [4.69, 9.17) is 5.26 Å². The summed E-state index contributed by atoms with van der Waals surface area (Å²) in [5.41, 5.74) is 0.933. The topological polar surface area (TPSA) is 48.7 Å². The molecule has 1 N–H and O–H groups in total. The summed E-state index contributed by atoms with van der Waals surface area (Å²) < 4.78 is 12.6. The van der Waals surface area contributed by atoms with Crippen LogP contribution in [0.1, 0.15) is 11.5 Å². The van der Waals surface area contributed by atoms with Gasteiger partial charge in [0.05, 0.1) is 12.0 Å². The Morgan fingerprint density at radius 3 is 3.00 bits per heavy atom. The summed E-state index contributed by atoms with van der Waals surface area (Å²) in [5, 5.41) is 12.0. The van der Waals surface area contributed by atoms with Crippen molar-refractivity contribution in [3.05, 3.63) is 29.8 Å². The van der Waals surface area contributed by atoms with Gasteiger partial charge in [0.2, 0.25) is 5.95 Å². The molecule has 72 valence electrons. The summed E-state index contributed by atoms with van der Waals surface area (Å²) in [6.07, 6.45) is 1.51. The van der Waals surface area contributed by atoms with Gasteiger partial charge in [-0.3, -0.25) is 0 Å². The van der Waals surface area contributed by atoms with Crippen molar-refractivity contribution < 1.29 is 4.39 Å². The predicted molar refractivity (Wildman–Crippen MR) is 48.9 cm³/mol. The Bertz CT molecular complexity index is 355. The quantitative estimate of drug-likeness (QED) is 0.675. The molecule has 1 aromatic heterocycles. The van der Waals surface area contributed by atoms with Crippen molar-refractivity contribution in [3.63, 3.8) is 0 Å². The SMILES string of the molecule is N#CC1CNCC1c1ccc(F)nc1. The number of halogens is 1.